The maximum absolute atomic E-state index is 11.5. The second kappa shape index (κ2) is 6.00. The standard InChI is InChI=1S/C13H23N3O2/c1-10-9-16(12(18)15-11(10)17)8-6-5-7-14-13(2,3)4/h9,14H,5-8H2,1-4H3,(H,15,17,18). The summed E-state index contributed by atoms with van der Waals surface area (Å²) in [6.07, 6.45) is 3.54. The Morgan fingerprint density at radius 1 is 1.28 bits per heavy atom. The molecule has 0 radical (unpaired) electrons. The molecular weight excluding hydrogens is 230 g/mol. The predicted octanol–water partition coefficient (Wildman–Crippen LogP) is 1.01. The highest BCUT2D eigenvalue weighted by atomic mass is 16.2. The van der Waals surface area contributed by atoms with E-state index in [1.54, 1.807) is 17.7 Å². The van der Waals surface area contributed by atoms with Gasteiger partial charge in [0.15, 0.2) is 0 Å². The summed E-state index contributed by atoms with van der Waals surface area (Å²) in [5.41, 5.74) is 0.0771. The average molecular weight is 253 g/mol. The molecule has 0 aliphatic carbocycles. The molecule has 1 aromatic rings. The van der Waals surface area contributed by atoms with Crippen LogP contribution in [0.15, 0.2) is 15.8 Å². The van der Waals surface area contributed by atoms with Gasteiger partial charge in [-0.1, -0.05) is 0 Å². The van der Waals surface area contributed by atoms with Crippen LogP contribution in [0.5, 0.6) is 0 Å². The second-order valence-corrected chi connectivity index (χ2v) is 5.65. The van der Waals surface area contributed by atoms with Crippen molar-refractivity contribution in [2.45, 2.75) is 52.6 Å². The monoisotopic (exact) mass is 253 g/mol. The number of nitrogens with one attached hydrogen (secondary N) is 2. The highest BCUT2D eigenvalue weighted by molar-refractivity contribution is 5.00. The van der Waals surface area contributed by atoms with Gasteiger partial charge in [-0.3, -0.25) is 9.78 Å². The molecule has 0 unspecified atom stereocenters. The van der Waals surface area contributed by atoms with Gasteiger partial charge in [0.2, 0.25) is 0 Å². The van der Waals surface area contributed by atoms with E-state index in [0.29, 0.717) is 12.1 Å². The largest absolute Gasteiger partial charge is 0.328 e. The predicted molar refractivity (Wildman–Crippen MR) is 73.0 cm³/mol. The summed E-state index contributed by atoms with van der Waals surface area (Å²) < 4.78 is 1.56. The van der Waals surface area contributed by atoms with E-state index in [4.69, 9.17) is 0 Å². The molecule has 0 amide bonds. The van der Waals surface area contributed by atoms with Gasteiger partial charge in [0.1, 0.15) is 0 Å². The van der Waals surface area contributed by atoms with Crippen molar-refractivity contribution in [2.24, 2.45) is 0 Å². The summed E-state index contributed by atoms with van der Waals surface area (Å²) in [7, 11) is 0. The summed E-state index contributed by atoms with van der Waals surface area (Å²) in [6, 6.07) is 0. The maximum Gasteiger partial charge on any atom is 0.328 e. The quantitative estimate of drug-likeness (QED) is 0.770. The highest BCUT2D eigenvalue weighted by Crippen LogP contribution is 1.99. The number of aromatic amines is 1. The van der Waals surface area contributed by atoms with Gasteiger partial charge >= 0.3 is 5.69 Å². The van der Waals surface area contributed by atoms with E-state index >= 15 is 0 Å². The van der Waals surface area contributed by atoms with Crippen LogP contribution in [-0.2, 0) is 6.54 Å². The zero-order valence-electron chi connectivity index (χ0n) is 11.7. The van der Waals surface area contributed by atoms with E-state index in [-0.39, 0.29) is 16.8 Å². The molecule has 1 rings (SSSR count). The number of unbranched alkanes of at least 4 members (excludes halogenated alkanes) is 1. The Hall–Kier alpha value is -1.36. The fourth-order valence-electron chi connectivity index (χ4n) is 1.66. The molecule has 5 nitrogen and oxygen atoms in total. The van der Waals surface area contributed by atoms with Gasteiger partial charge in [0.05, 0.1) is 0 Å². The number of hydrogen-bond donors (Lipinski definition) is 2. The van der Waals surface area contributed by atoms with Crippen LogP contribution in [0.4, 0.5) is 0 Å². The van der Waals surface area contributed by atoms with Gasteiger partial charge in [0.25, 0.3) is 5.56 Å². The van der Waals surface area contributed by atoms with Crippen LogP contribution in [0.3, 0.4) is 0 Å². The zero-order valence-corrected chi connectivity index (χ0v) is 11.7. The molecule has 1 aromatic heterocycles. The normalized spacial score (nSPS) is 11.8. The molecular formula is C13H23N3O2. The van der Waals surface area contributed by atoms with Crippen LogP contribution >= 0.6 is 0 Å². The molecule has 18 heavy (non-hydrogen) atoms. The van der Waals surface area contributed by atoms with Gasteiger partial charge in [-0.2, -0.15) is 0 Å². The van der Waals surface area contributed by atoms with Crippen LogP contribution < -0.4 is 16.6 Å². The Labute approximate surface area is 107 Å². The third-order valence-electron chi connectivity index (χ3n) is 2.67. The summed E-state index contributed by atoms with van der Waals surface area (Å²) in [5, 5.41) is 3.40. The van der Waals surface area contributed by atoms with Gasteiger partial charge in [-0.25, -0.2) is 4.79 Å². The Morgan fingerprint density at radius 2 is 1.94 bits per heavy atom. The van der Waals surface area contributed by atoms with Crippen LogP contribution in [0.2, 0.25) is 0 Å². The van der Waals surface area contributed by atoms with Crippen LogP contribution in [-0.4, -0.2) is 21.6 Å². The lowest BCUT2D eigenvalue weighted by Gasteiger charge is -2.20. The summed E-state index contributed by atoms with van der Waals surface area (Å²) in [5.74, 6) is 0. The first kappa shape index (κ1) is 14.7. The van der Waals surface area contributed by atoms with E-state index < -0.39 is 0 Å². The first-order chi connectivity index (χ1) is 8.29. The SMILES string of the molecule is Cc1cn(CCCCNC(C)(C)C)c(=O)[nH]c1=O. The molecule has 0 aliphatic rings. The van der Waals surface area contributed by atoms with Gasteiger partial charge in [-0.15, -0.1) is 0 Å². The van der Waals surface area contributed by atoms with E-state index in [1.807, 2.05) is 0 Å². The third-order valence-corrected chi connectivity index (χ3v) is 2.67. The summed E-state index contributed by atoms with van der Waals surface area (Å²) >= 11 is 0. The van der Waals surface area contributed by atoms with Crippen molar-refractivity contribution in [2.75, 3.05) is 6.54 Å². The molecule has 0 spiro atoms. The van der Waals surface area contributed by atoms with E-state index in [1.165, 1.54) is 0 Å². The van der Waals surface area contributed by atoms with Crippen molar-refractivity contribution in [1.29, 1.82) is 0 Å². The molecule has 0 fully saturated rings. The highest BCUT2D eigenvalue weighted by Gasteiger charge is 2.07. The molecule has 0 aromatic carbocycles. The lowest BCUT2D eigenvalue weighted by molar-refractivity contribution is 0.413. The minimum absolute atomic E-state index is 0.130. The number of aromatic nitrogens is 2. The van der Waals surface area contributed by atoms with Crippen molar-refractivity contribution >= 4 is 0 Å². The van der Waals surface area contributed by atoms with Gasteiger partial charge in [-0.05, 0) is 47.1 Å². The molecule has 5 heteroatoms. The van der Waals surface area contributed by atoms with Crippen molar-refractivity contribution < 1.29 is 0 Å². The molecule has 2 N–H and O–H groups in total. The lowest BCUT2D eigenvalue weighted by Crippen LogP contribution is -2.36. The Bertz CT molecular complexity index is 494. The molecule has 1 heterocycles. The topological polar surface area (TPSA) is 66.9 Å². The maximum atomic E-state index is 11.5. The van der Waals surface area contributed by atoms with Crippen molar-refractivity contribution in [3.8, 4) is 0 Å². The first-order valence-electron chi connectivity index (χ1n) is 6.35. The number of nitrogens with zero attached hydrogens (tertiary/aromatic N) is 1. The Morgan fingerprint density at radius 3 is 2.56 bits per heavy atom. The first-order valence-corrected chi connectivity index (χ1v) is 6.35. The lowest BCUT2D eigenvalue weighted by atomic mass is 10.1. The number of rotatable bonds is 5. The Kier molecular flexibility index (Phi) is 4.90. The van der Waals surface area contributed by atoms with Crippen molar-refractivity contribution in [3.63, 3.8) is 0 Å². The van der Waals surface area contributed by atoms with Crippen LogP contribution in [0.25, 0.3) is 0 Å². The number of hydrogen-bond acceptors (Lipinski definition) is 3. The molecule has 0 saturated heterocycles. The number of H-pyrrole nitrogens is 1. The van der Waals surface area contributed by atoms with E-state index in [2.05, 4.69) is 31.1 Å². The minimum atomic E-state index is -0.325. The summed E-state index contributed by atoms with van der Waals surface area (Å²) in [4.78, 5) is 25.0. The van der Waals surface area contributed by atoms with Gasteiger partial charge in [0, 0.05) is 23.8 Å². The molecule has 0 atom stereocenters. The zero-order chi connectivity index (χ0) is 13.8. The average Bonchev–Trinajstić information content (AvgIpc) is 2.23. The minimum Gasteiger partial charge on any atom is -0.312 e. The summed E-state index contributed by atoms with van der Waals surface area (Å²) in [6.45, 7) is 9.66. The fourth-order valence-corrected chi connectivity index (χ4v) is 1.66. The fraction of sp³-hybridized carbons (Fsp3) is 0.692. The van der Waals surface area contributed by atoms with Crippen molar-refractivity contribution in [3.05, 3.63) is 32.6 Å². The van der Waals surface area contributed by atoms with E-state index in [0.717, 1.165) is 19.4 Å². The van der Waals surface area contributed by atoms with Crippen molar-refractivity contribution in [1.82, 2.24) is 14.9 Å². The smallest absolute Gasteiger partial charge is 0.312 e. The molecule has 0 aliphatic heterocycles. The second-order valence-electron chi connectivity index (χ2n) is 5.65. The van der Waals surface area contributed by atoms with Crippen LogP contribution in [0, 0.1) is 6.92 Å². The third kappa shape index (κ3) is 4.87. The van der Waals surface area contributed by atoms with E-state index in [9.17, 15) is 9.59 Å². The Balaban J connectivity index is 2.43. The molecule has 0 saturated carbocycles. The van der Waals surface area contributed by atoms with Crippen LogP contribution in [0.1, 0.15) is 39.2 Å². The molecule has 0 bridgehead atoms. The molecule has 102 valence electrons. The van der Waals surface area contributed by atoms with Gasteiger partial charge < -0.3 is 9.88 Å². The number of aryl methyl sites for hydroxylation is 2.